The molecular weight excluding hydrogens is 172 g/mol. The molecule has 8 nitrogen and oxygen atoms in total. The van der Waals surface area contributed by atoms with Crippen molar-refractivity contribution >= 4 is 12.3 Å². The van der Waals surface area contributed by atoms with Gasteiger partial charge in [0.15, 0.2) is 0 Å². The van der Waals surface area contributed by atoms with E-state index in [-0.39, 0.29) is 0 Å². The van der Waals surface area contributed by atoms with Crippen molar-refractivity contribution in [2.24, 2.45) is 10.6 Å². The fraction of sp³-hybridized carbons (Fsp3) is 0.500. The summed E-state index contributed by atoms with van der Waals surface area (Å²) in [6, 6.07) is 0. The molecule has 0 amide bonds. The van der Waals surface area contributed by atoms with Gasteiger partial charge in [-0.25, -0.2) is 9.59 Å². The summed E-state index contributed by atoms with van der Waals surface area (Å²) >= 11 is 0. The van der Waals surface area contributed by atoms with E-state index in [1.807, 2.05) is 0 Å². The van der Waals surface area contributed by atoms with Crippen LogP contribution < -0.4 is 0 Å². The van der Waals surface area contributed by atoms with Gasteiger partial charge < -0.3 is 9.47 Å². The monoisotopic (exact) mass is 178 g/mol. The molecule has 0 bridgehead atoms. The molecule has 0 aliphatic heterocycles. The first-order valence-electron chi connectivity index (χ1n) is 2.61. The molecule has 0 saturated carbocycles. The number of hydrogen-bond donors (Lipinski definition) is 0. The van der Waals surface area contributed by atoms with Crippen LogP contribution in [0, 0.1) is 0 Å². The highest BCUT2D eigenvalue weighted by Gasteiger charge is 2.00. The Morgan fingerprint density at radius 3 is 1.50 bits per heavy atom. The summed E-state index contributed by atoms with van der Waals surface area (Å²) in [7, 11) is 2.16. The molecule has 0 atom stereocenters. The van der Waals surface area contributed by atoms with Crippen molar-refractivity contribution in [1.29, 1.82) is 0 Å². The van der Waals surface area contributed by atoms with Crippen LogP contribution in [0.3, 0.4) is 0 Å². The van der Waals surface area contributed by atoms with Crippen molar-refractivity contribution in [3.63, 3.8) is 0 Å². The third-order valence-electron chi connectivity index (χ3n) is 0.597. The number of methoxy groups -OCH3 is 2. The Kier molecular flexibility index (Phi) is 4.98. The van der Waals surface area contributed by atoms with Gasteiger partial charge in [0, 0.05) is 0 Å². The fourth-order valence-corrected chi connectivity index (χ4v) is 0.175. The van der Waals surface area contributed by atoms with E-state index in [1.165, 1.54) is 0 Å². The van der Waals surface area contributed by atoms with E-state index in [9.17, 15) is 9.59 Å². The van der Waals surface area contributed by atoms with Crippen molar-refractivity contribution in [2.75, 3.05) is 14.2 Å². The van der Waals surface area contributed by atoms with Crippen LogP contribution >= 0.6 is 0 Å². The topological polar surface area (TPSA) is 95.8 Å². The molecule has 0 spiro atoms. The molecule has 68 valence electrons. The molecule has 0 rings (SSSR count). The minimum Gasteiger partial charge on any atom is -0.436 e. The van der Waals surface area contributed by atoms with Crippen LogP contribution in [-0.4, -0.2) is 26.5 Å². The van der Waals surface area contributed by atoms with Crippen molar-refractivity contribution in [3.05, 3.63) is 0 Å². The van der Waals surface area contributed by atoms with Gasteiger partial charge in [0.05, 0.1) is 24.8 Å². The molecule has 12 heavy (non-hydrogen) atoms. The molecular formula is C4H6N2O6. The Hall–Kier alpha value is -1.86. The van der Waals surface area contributed by atoms with E-state index in [0.29, 0.717) is 0 Å². The molecule has 0 fully saturated rings. The second-order valence-corrected chi connectivity index (χ2v) is 1.25. The number of carbonyl (C=O) groups excluding carboxylic acids is 2. The number of rotatable bonds is 2. The largest absolute Gasteiger partial charge is 0.536 e. The van der Waals surface area contributed by atoms with Crippen molar-refractivity contribution in [3.8, 4) is 0 Å². The Morgan fingerprint density at radius 2 is 1.25 bits per heavy atom. The van der Waals surface area contributed by atoms with Crippen molar-refractivity contribution < 1.29 is 28.7 Å². The van der Waals surface area contributed by atoms with Crippen LogP contribution in [0.5, 0.6) is 0 Å². The summed E-state index contributed by atoms with van der Waals surface area (Å²) < 4.78 is 7.99. The van der Waals surface area contributed by atoms with Crippen LogP contribution in [0.25, 0.3) is 0 Å². The average Bonchev–Trinajstić information content (AvgIpc) is 2.11. The molecule has 8 heteroatoms. The summed E-state index contributed by atoms with van der Waals surface area (Å²) in [5.41, 5.74) is 0. The first-order valence-corrected chi connectivity index (χ1v) is 2.61. The van der Waals surface area contributed by atoms with Gasteiger partial charge >= 0.3 is 12.3 Å². The summed E-state index contributed by atoms with van der Waals surface area (Å²) in [5, 5.41) is 5.31. The highest BCUT2D eigenvalue weighted by molar-refractivity contribution is 5.59. The lowest BCUT2D eigenvalue weighted by molar-refractivity contribution is 0.0285. The summed E-state index contributed by atoms with van der Waals surface area (Å²) in [5.74, 6) is 0. The van der Waals surface area contributed by atoms with Crippen molar-refractivity contribution in [2.45, 2.75) is 0 Å². The second kappa shape index (κ2) is 5.89. The molecule has 0 aromatic carbocycles. The van der Waals surface area contributed by atoms with Gasteiger partial charge in [0.2, 0.25) is 0 Å². The summed E-state index contributed by atoms with van der Waals surface area (Å²) in [4.78, 5) is 28.0. The maximum atomic E-state index is 10.2. The molecule has 0 aromatic rings. The molecule has 0 saturated heterocycles. The Balaban J connectivity index is 3.50. The van der Waals surface area contributed by atoms with Gasteiger partial charge in [-0.2, -0.15) is 0 Å². The molecule has 0 aliphatic rings. The van der Waals surface area contributed by atoms with E-state index < -0.39 is 12.3 Å². The van der Waals surface area contributed by atoms with Crippen LogP contribution in [-0.2, 0) is 19.1 Å². The lowest BCUT2D eigenvalue weighted by atomic mass is 11.3. The molecule has 0 unspecified atom stereocenters. The zero-order valence-electron chi connectivity index (χ0n) is 6.34. The van der Waals surface area contributed by atoms with Crippen molar-refractivity contribution in [1.82, 2.24) is 0 Å². The third-order valence-corrected chi connectivity index (χ3v) is 0.597. The highest BCUT2D eigenvalue weighted by atomic mass is 16.8. The predicted octanol–water partition coefficient (Wildman–Crippen LogP) is 0.835. The van der Waals surface area contributed by atoms with E-state index in [0.717, 1.165) is 14.2 Å². The lowest BCUT2D eigenvalue weighted by Gasteiger charge is -1.92. The molecule has 0 heterocycles. The van der Waals surface area contributed by atoms with Crippen LogP contribution in [0.1, 0.15) is 0 Å². The van der Waals surface area contributed by atoms with E-state index in [2.05, 4.69) is 29.7 Å². The van der Waals surface area contributed by atoms with E-state index in [4.69, 9.17) is 0 Å². The number of ether oxygens (including phenoxy) is 2. The van der Waals surface area contributed by atoms with Gasteiger partial charge in [-0.15, -0.1) is 0 Å². The molecule has 0 N–H and O–H groups in total. The predicted molar refractivity (Wildman–Crippen MR) is 31.8 cm³/mol. The Labute approximate surface area is 67.0 Å². The zero-order valence-corrected chi connectivity index (χ0v) is 6.34. The minimum atomic E-state index is -1.08. The first-order chi connectivity index (χ1) is 5.70. The molecule has 0 radical (unpaired) electrons. The first kappa shape index (κ1) is 10.1. The maximum Gasteiger partial charge on any atom is 0.536 e. The van der Waals surface area contributed by atoms with Crippen LogP contribution in [0.2, 0.25) is 0 Å². The highest BCUT2D eigenvalue weighted by Crippen LogP contribution is 1.87. The standard InChI is InChI=1S/C4H6N2O6/c1-9-3(7)11-5-6-12-4(8)10-2/h1-2H3. The number of nitrogens with zero attached hydrogens (tertiary/aromatic N) is 2. The van der Waals surface area contributed by atoms with Gasteiger partial charge in [-0.05, 0) is 0 Å². The lowest BCUT2D eigenvalue weighted by Crippen LogP contribution is -2.00. The zero-order chi connectivity index (χ0) is 9.40. The third kappa shape index (κ3) is 4.97. The minimum absolute atomic E-state index is 1.08. The Morgan fingerprint density at radius 1 is 0.917 bits per heavy atom. The van der Waals surface area contributed by atoms with Gasteiger partial charge in [-0.1, -0.05) is 0 Å². The van der Waals surface area contributed by atoms with E-state index >= 15 is 0 Å². The number of carbonyl (C=O) groups is 2. The average molecular weight is 178 g/mol. The van der Waals surface area contributed by atoms with Crippen LogP contribution in [0.4, 0.5) is 9.59 Å². The molecule has 0 aliphatic carbocycles. The normalized spacial score (nSPS) is 9.17. The fourth-order valence-electron chi connectivity index (χ4n) is 0.175. The quantitative estimate of drug-likeness (QED) is 0.353. The van der Waals surface area contributed by atoms with Gasteiger partial charge in [-0.3, -0.25) is 9.68 Å². The second-order valence-electron chi connectivity index (χ2n) is 1.25. The summed E-state index contributed by atoms with van der Waals surface area (Å²) in [6.45, 7) is 0. The smallest absolute Gasteiger partial charge is 0.436 e. The number of hydrogen-bond acceptors (Lipinski definition) is 8. The van der Waals surface area contributed by atoms with Crippen LogP contribution in [0.15, 0.2) is 10.6 Å². The molecule has 0 aromatic heterocycles. The SMILES string of the molecule is COC(=O)ON=NOC(=O)OC. The van der Waals surface area contributed by atoms with E-state index in [1.54, 1.807) is 0 Å². The Bertz CT molecular complexity index is 170. The van der Waals surface area contributed by atoms with Gasteiger partial charge in [0.1, 0.15) is 0 Å². The maximum absolute atomic E-state index is 10.2. The summed E-state index contributed by atoms with van der Waals surface area (Å²) in [6.07, 6.45) is -2.15. The van der Waals surface area contributed by atoms with Gasteiger partial charge in [0.25, 0.3) is 0 Å².